The molecule has 0 radical (unpaired) electrons. The molecule has 1 aliphatic heterocycles. The number of nitrogens with one attached hydrogen (secondary N) is 1. The smallest absolute Gasteiger partial charge is 0.220 e. The first-order valence-electron chi connectivity index (χ1n) is 6.89. The number of aromatic nitrogens is 1. The first-order valence-corrected chi connectivity index (χ1v) is 6.89. The van der Waals surface area contributed by atoms with Gasteiger partial charge in [-0.15, -0.1) is 0 Å². The van der Waals surface area contributed by atoms with Gasteiger partial charge in [-0.3, -0.25) is 4.79 Å². The van der Waals surface area contributed by atoms with Crippen LogP contribution in [0.25, 0.3) is 0 Å². The molecule has 2 rings (SSSR count). The quantitative estimate of drug-likeness (QED) is 0.906. The summed E-state index contributed by atoms with van der Waals surface area (Å²) in [7, 11) is 1.66. The zero-order valence-corrected chi connectivity index (χ0v) is 12.2. The van der Waals surface area contributed by atoms with E-state index in [1.807, 2.05) is 19.9 Å². The number of hydrogen-bond donors (Lipinski definition) is 1. The van der Waals surface area contributed by atoms with Gasteiger partial charge < -0.3 is 10.2 Å². The summed E-state index contributed by atoms with van der Waals surface area (Å²) in [5, 5.41) is 12.0. The number of amides is 1. The van der Waals surface area contributed by atoms with E-state index in [-0.39, 0.29) is 5.91 Å². The number of rotatable bonds is 3. The molecule has 5 nitrogen and oxygen atoms in total. The van der Waals surface area contributed by atoms with E-state index >= 15 is 0 Å². The molecule has 0 aliphatic carbocycles. The average molecular weight is 272 g/mol. The number of pyridine rings is 1. The number of nitriles is 1. The third kappa shape index (κ3) is 2.90. The molecule has 106 valence electrons. The van der Waals surface area contributed by atoms with Crippen molar-refractivity contribution in [2.45, 2.75) is 26.7 Å². The van der Waals surface area contributed by atoms with Crippen LogP contribution >= 0.6 is 0 Å². The number of aryl methyl sites for hydroxylation is 2. The molecule has 0 aromatic carbocycles. The van der Waals surface area contributed by atoms with Crippen LogP contribution in [0.15, 0.2) is 6.07 Å². The molecule has 1 atom stereocenters. The summed E-state index contributed by atoms with van der Waals surface area (Å²) in [6.45, 7) is 5.52. The zero-order chi connectivity index (χ0) is 14.7. The Kier molecular flexibility index (Phi) is 4.23. The van der Waals surface area contributed by atoms with Crippen LogP contribution in [-0.4, -0.2) is 31.0 Å². The minimum Gasteiger partial charge on any atom is -0.359 e. The topological polar surface area (TPSA) is 69.0 Å². The van der Waals surface area contributed by atoms with E-state index in [0.29, 0.717) is 17.9 Å². The molecule has 1 N–H and O–H groups in total. The van der Waals surface area contributed by atoms with E-state index in [4.69, 9.17) is 0 Å². The van der Waals surface area contributed by atoms with E-state index in [1.54, 1.807) is 7.05 Å². The Hall–Kier alpha value is -2.09. The lowest BCUT2D eigenvalue weighted by molar-refractivity contribution is -0.121. The maximum atomic E-state index is 11.4. The first-order chi connectivity index (χ1) is 9.55. The van der Waals surface area contributed by atoms with E-state index in [1.165, 1.54) is 0 Å². The van der Waals surface area contributed by atoms with Crippen molar-refractivity contribution in [2.24, 2.45) is 5.92 Å². The fourth-order valence-electron chi connectivity index (χ4n) is 2.74. The molecular formula is C15H20N4O. The van der Waals surface area contributed by atoms with Gasteiger partial charge in [-0.05, 0) is 37.8 Å². The molecule has 2 heterocycles. The third-order valence-electron chi connectivity index (χ3n) is 3.78. The molecule has 1 saturated heterocycles. The molecule has 1 fully saturated rings. The highest BCUT2D eigenvalue weighted by Crippen LogP contribution is 2.28. The lowest BCUT2D eigenvalue weighted by Gasteiger charge is -2.20. The summed E-state index contributed by atoms with van der Waals surface area (Å²) in [5.74, 6) is 1.18. The maximum absolute atomic E-state index is 11.4. The molecule has 1 unspecified atom stereocenters. The van der Waals surface area contributed by atoms with Gasteiger partial charge >= 0.3 is 0 Å². The molecule has 0 bridgehead atoms. The van der Waals surface area contributed by atoms with Gasteiger partial charge in [0.15, 0.2) is 0 Å². The summed E-state index contributed by atoms with van der Waals surface area (Å²) in [4.78, 5) is 18.1. The predicted octanol–water partition coefficient (Wildman–Crippen LogP) is 1.53. The van der Waals surface area contributed by atoms with Crippen LogP contribution in [-0.2, 0) is 4.79 Å². The molecule has 1 amide bonds. The first kappa shape index (κ1) is 14.3. The van der Waals surface area contributed by atoms with Crippen molar-refractivity contribution in [3.05, 3.63) is 22.9 Å². The Morgan fingerprint density at radius 1 is 1.60 bits per heavy atom. The van der Waals surface area contributed by atoms with Gasteiger partial charge in [0, 0.05) is 32.3 Å². The van der Waals surface area contributed by atoms with Gasteiger partial charge in [0.2, 0.25) is 5.91 Å². The highest BCUT2D eigenvalue weighted by molar-refractivity contribution is 5.76. The van der Waals surface area contributed by atoms with Gasteiger partial charge in [-0.1, -0.05) is 0 Å². The van der Waals surface area contributed by atoms with Crippen LogP contribution in [0.5, 0.6) is 0 Å². The van der Waals surface area contributed by atoms with Crippen LogP contribution in [0, 0.1) is 31.1 Å². The molecule has 5 heteroatoms. The Morgan fingerprint density at radius 3 is 3.00 bits per heavy atom. The van der Waals surface area contributed by atoms with E-state index in [2.05, 4.69) is 21.3 Å². The monoisotopic (exact) mass is 272 g/mol. The van der Waals surface area contributed by atoms with Crippen LogP contribution in [0.1, 0.15) is 29.7 Å². The molecule has 1 aliphatic rings. The fourth-order valence-corrected chi connectivity index (χ4v) is 2.74. The second-order valence-electron chi connectivity index (χ2n) is 5.37. The molecule has 1 aromatic heterocycles. The predicted molar refractivity (Wildman–Crippen MR) is 77.4 cm³/mol. The summed E-state index contributed by atoms with van der Waals surface area (Å²) >= 11 is 0. The SMILES string of the molecule is CNC(=O)CC1CCN(c2nc(C)cc(C)c2C#N)C1. The van der Waals surface area contributed by atoms with Gasteiger partial charge in [0.05, 0.1) is 5.56 Å². The molecule has 20 heavy (non-hydrogen) atoms. The molecular weight excluding hydrogens is 252 g/mol. The summed E-state index contributed by atoms with van der Waals surface area (Å²) < 4.78 is 0. The number of anilines is 1. The average Bonchev–Trinajstić information content (AvgIpc) is 2.86. The van der Waals surface area contributed by atoms with Crippen molar-refractivity contribution in [1.82, 2.24) is 10.3 Å². The highest BCUT2D eigenvalue weighted by atomic mass is 16.1. The van der Waals surface area contributed by atoms with Gasteiger partial charge in [-0.25, -0.2) is 4.98 Å². The Bertz CT molecular complexity index is 562. The number of carbonyl (C=O) groups is 1. The second-order valence-corrected chi connectivity index (χ2v) is 5.37. The largest absolute Gasteiger partial charge is 0.359 e. The number of carbonyl (C=O) groups excluding carboxylic acids is 1. The molecule has 1 aromatic rings. The summed E-state index contributed by atoms with van der Waals surface area (Å²) in [5.41, 5.74) is 2.53. The van der Waals surface area contributed by atoms with Crippen LogP contribution < -0.4 is 10.2 Å². The minimum absolute atomic E-state index is 0.0748. The summed E-state index contributed by atoms with van der Waals surface area (Å²) in [6.07, 6.45) is 1.51. The number of nitrogens with zero attached hydrogens (tertiary/aromatic N) is 3. The lowest BCUT2D eigenvalue weighted by atomic mass is 10.0. The minimum atomic E-state index is 0.0748. The van der Waals surface area contributed by atoms with Crippen molar-refractivity contribution >= 4 is 11.7 Å². The Balaban J connectivity index is 2.18. The maximum Gasteiger partial charge on any atom is 0.220 e. The third-order valence-corrected chi connectivity index (χ3v) is 3.78. The summed E-state index contributed by atoms with van der Waals surface area (Å²) in [6, 6.07) is 4.18. The highest BCUT2D eigenvalue weighted by Gasteiger charge is 2.27. The lowest BCUT2D eigenvalue weighted by Crippen LogP contribution is -2.25. The van der Waals surface area contributed by atoms with Gasteiger partial charge in [-0.2, -0.15) is 5.26 Å². The standard InChI is InChI=1S/C15H20N4O/c1-10-6-11(2)18-15(13(10)8-16)19-5-4-12(9-19)7-14(20)17-3/h6,12H,4-5,7,9H2,1-3H3,(H,17,20). The Morgan fingerprint density at radius 2 is 2.35 bits per heavy atom. The molecule has 0 saturated carbocycles. The molecule has 0 spiro atoms. The Labute approximate surface area is 119 Å². The van der Waals surface area contributed by atoms with E-state index < -0.39 is 0 Å². The van der Waals surface area contributed by atoms with Gasteiger partial charge in [0.1, 0.15) is 11.9 Å². The van der Waals surface area contributed by atoms with E-state index in [9.17, 15) is 10.1 Å². The van der Waals surface area contributed by atoms with Crippen molar-refractivity contribution < 1.29 is 4.79 Å². The number of hydrogen-bond acceptors (Lipinski definition) is 4. The van der Waals surface area contributed by atoms with Crippen molar-refractivity contribution in [1.29, 1.82) is 5.26 Å². The van der Waals surface area contributed by atoms with E-state index in [0.717, 1.165) is 36.6 Å². The second kappa shape index (κ2) is 5.91. The van der Waals surface area contributed by atoms with Crippen LogP contribution in [0.3, 0.4) is 0 Å². The normalized spacial score (nSPS) is 17.9. The van der Waals surface area contributed by atoms with Crippen molar-refractivity contribution in [3.63, 3.8) is 0 Å². The zero-order valence-electron chi connectivity index (χ0n) is 12.2. The van der Waals surface area contributed by atoms with Crippen LogP contribution in [0.4, 0.5) is 5.82 Å². The van der Waals surface area contributed by atoms with Gasteiger partial charge in [0.25, 0.3) is 0 Å². The van der Waals surface area contributed by atoms with Crippen molar-refractivity contribution in [2.75, 3.05) is 25.0 Å². The fraction of sp³-hybridized carbons (Fsp3) is 0.533. The van der Waals surface area contributed by atoms with Crippen LogP contribution in [0.2, 0.25) is 0 Å². The van der Waals surface area contributed by atoms with Crippen molar-refractivity contribution in [3.8, 4) is 6.07 Å².